The van der Waals surface area contributed by atoms with E-state index >= 15 is 0 Å². The molecule has 0 saturated heterocycles. The van der Waals surface area contributed by atoms with Crippen LogP contribution in [-0.2, 0) is 20.9 Å². The maximum Gasteiger partial charge on any atom is 0.220 e. The topological polar surface area (TPSA) is 18.5 Å². The number of benzene rings is 1. The monoisotopic (exact) mass is 290 g/mol. The van der Waals surface area contributed by atoms with Crippen molar-refractivity contribution in [2.75, 3.05) is 13.2 Å². The van der Waals surface area contributed by atoms with Crippen molar-refractivity contribution in [3.8, 4) is 0 Å². The van der Waals surface area contributed by atoms with Crippen LogP contribution < -0.4 is 0 Å². The average Bonchev–Trinajstić information content (AvgIpc) is 2.31. The van der Waals surface area contributed by atoms with E-state index in [1.54, 1.807) is 0 Å². The van der Waals surface area contributed by atoms with Crippen molar-refractivity contribution in [1.82, 2.24) is 0 Å². The van der Waals surface area contributed by atoms with Crippen LogP contribution in [0.1, 0.15) is 19.4 Å². The lowest BCUT2D eigenvalue weighted by molar-refractivity contribution is 0.275. The van der Waals surface area contributed by atoms with Gasteiger partial charge in [-0.25, -0.2) is 0 Å². The van der Waals surface area contributed by atoms with Gasteiger partial charge in [-0.1, -0.05) is 41.9 Å². The maximum absolute atomic E-state index is 5.90. The molecule has 5 heteroatoms. The molecule has 1 rings (SSSR count). The summed E-state index contributed by atoms with van der Waals surface area (Å²) in [5.41, 5.74) is 2.43. The fourth-order valence-electron chi connectivity index (χ4n) is 1.41. The first-order chi connectivity index (χ1) is 8.18. The van der Waals surface area contributed by atoms with E-state index in [0.29, 0.717) is 13.2 Å². The van der Waals surface area contributed by atoms with Gasteiger partial charge in [0.15, 0.2) is 0 Å². The molecule has 0 bridgehead atoms. The van der Waals surface area contributed by atoms with E-state index < -0.39 is 6.49 Å². The Balaban J connectivity index is 3.12. The Morgan fingerprint density at radius 1 is 1.24 bits per heavy atom. The van der Waals surface area contributed by atoms with Gasteiger partial charge in [0.2, 0.25) is 6.49 Å². The van der Waals surface area contributed by atoms with Crippen molar-refractivity contribution in [3.63, 3.8) is 0 Å². The van der Waals surface area contributed by atoms with E-state index in [2.05, 4.69) is 0 Å². The SMILES string of the molecule is CCOP(=S)(OCC)C(=CCl)c1ccccc1. The summed E-state index contributed by atoms with van der Waals surface area (Å²) in [7, 11) is 0. The average molecular weight is 291 g/mol. The maximum atomic E-state index is 5.90. The molecule has 17 heavy (non-hydrogen) atoms. The van der Waals surface area contributed by atoms with Crippen molar-refractivity contribution in [1.29, 1.82) is 0 Å². The molecule has 0 aliphatic carbocycles. The summed E-state index contributed by atoms with van der Waals surface area (Å²) >= 11 is 11.4. The van der Waals surface area contributed by atoms with Gasteiger partial charge in [0.05, 0.1) is 18.5 Å². The largest absolute Gasteiger partial charge is 0.326 e. The molecule has 0 atom stereocenters. The minimum atomic E-state index is -2.49. The second-order valence-electron chi connectivity index (χ2n) is 3.19. The molecule has 0 aromatic heterocycles. The minimum absolute atomic E-state index is 0.512. The fraction of sp³-hybridized carbons (Fsp3) is 0.333. The summed E-state index contributed by atoms with van der Waals surface area (Å²) in [5, 5.41) is 0.762. The highest BCUT2D eigenvalue weighted by Gasteiger charge is 2.25. The van der Waals surface area contributed by atoms with Gasteiger partial charge in [-0.3, -0.25) is 0 Å². The van der Waals surface area contributed by atoms with Crippen molar-refractivity contribution in [2.45, 2.75) is 13.8 Å². The van der Waals surface area contributed by atoms with Crippen LogP contribution in [0.4, 0.5) is 0 Å². The molecule has 0 radical (unpaired) electrons. The van der Waals surface area contributed by atoms with Gasteiger partial charge in [0, 0.05) is 5.54 Å². The molecule has 0 saturated carbocycles. The van der Waals surface area contributed by atoms with Crippen molar-refractivity contribution in [3.05, 3.63) is 41.4 Å². The van der Waals surface area contributed by atoms with Crippen LogP contribution >= 0.6 is 18.1 Å². The van der Waals surface area contributed by atoms with Crippen LogP contribution in [0.15, 0.2) is 35.9 Å². The van der Waals surface area contributed by atoms with Crippen LogP contribution in [0.25, 0.3) is 5.31 Å². The Labute approximate surface area is 113 Å². The zero-order chi connectivity index (χ0) is 12.7. The first kappa shape index (κ1) is 14.9. The molecule has 0 fully saturated rings. The molecule has 0 unspecified atom stereocenters. The van der Waals surface area contributed by atoms with Gasteiger partial charge in [0.25, 0.3) is 0 Å². The third-order valence-corrected chi connectivity index (χ3v) is 5.83. The Kier molecular flexibility index (Phi) is 6.39. The first-order valence-electron chi connectivity index (χ1n) is 5.43. The second-order valence-corrected chi connectivity index (χ2v) is 6.85. The summed E-state index contributed by atoms with van der Waals surface area (Å²) < 4.78 is 11.3. The summed E-state index contributed by atoms with van der Waals surface area (Å²) in [6, 6.07) is 9.72. The number of hydrogen-bond acceptors (Lipinski definition) is 3. The fourth-order valence-corrected chi connectivity index (χ4v) is 4.82. The lowest BCUT2D eigenvalue weighted by atomic mass is 10.2. The number of halogens is 1. The third kappa shape index (κ3) is 3.90. The minimum Gasteiger partial charge on any atom is -0.326 e. The van der Waals surface area contributed by atoms with Gasteiger partial charge < -0.3 is 9.05 Å². The van der Waals surface area contributed by atoms with E-state index in [1.165, 1.54) is 5.54 Å². The normalized spacial score (nSPS) is 12.8. The molecule has 1 aromatic rings. The molecular formula is C12H16ClO2PS. The zero-order valence-corrected chi connectivity index (χ0v) is 12.4. The summed E-state index contributed by atoms with van der Waals surface area (Å²) in [6.07, 6.45) is 0. The molecule has 0 amide bonds. The van der Waals surface area contributed by atoms with Gasteiger partial charge in [-0.05, 0) is 31.2 Å². The second kappa shape index (κ2) is 7.30. The molecule has 2 nitrogen and oxygen atoms in total. The van der Waals surface area contributed by atoms with Crippen LogP contribution in [-0.4, -0.2) is 13.2 Å². The molecule has 1 aromatic carbocycles. The summed E-state index contributed by atoms with van der Waals surface area (Å²) in [5.74, 6) is 0. The van der Waals surface area contributed by atoms with E-state index in [-0.39, 0.29) is 0 Å². The van der Waals surface area contributed by atoms with Crippen molar-refractivity contribution in [2.24, 2.45) is 0 Å². The first-order valence-corrected chi connectivity index (χ1v) is 8.51. The van der Waals surface area contributed by atoms with Crippen LogP contribution in [0, 0.1) is 0 Å². The smallest absolute Gasteiger partial charge is 0.220 e. The highest BCUT2D eigenvalue weighted by Crippen LogP contribution is 2.60. The quantitative estimate of drug-likeness (QED) is 0.713. The molecule has 0 N–H and O–H groups in total. The summed E-state index contributed by atoms with van der Waals surface area (Å²) in [6.45, 7) is 2.34. The zero-order valence-electron chi connectivity index (χ0n) is 9.93. The Morgan fingerprint density at radius 2 is 1.76 bits per heavy atom. The molecule has 0 aliphatic rings. The van der Waals surface area contributed by atoms with E-state index in [0.717, 1.165) is 10.9 Å². The van der Waals surface area contributed by atoms with Gasteiger partial charge >= 0.3 is 0 Å². The Morgan fingerprint density at radius 3 is 2.18 bits per heavy atom. The predicted molar refractivity (Wildman–Crippen MR) is 77.8 cm³/mol. The van der Waals surface area contributed by atoms with Crippen molar-refractivity contribution >= 4 is 35.2 Å². The molecule has 0 spiro atoms. The number of rotatable bonds is 6. The van der Waals surface area contributed by atoms with Gasteiger partial charge in [0.1, 0.15) is 0 Å². The van der Waals surface area contributed by atoms with Gasteiger partial charge in [-0.15, -0.1) is 0 Å². The standard InChI is InChI=1S/C12H16ClO2PS/c1-3-14-16(17,15-4-2)12(10-13)11-8-6-5-7-9-11/h5-10H,3-4H2,1-2H3. The van der Waals surface area contributed by atoms with Crippen LogP contribution in [0.2, 0.25) is 0 Å². The highest BCUT2D eigenvalue weighted by molar-refractivity contribution is 8.14. The van der Waals surface area contributed by atoms with Crippen LogP contribution in [0.3, 0.4) is 0 Å². The Hall–Kier alpha value is -0.180. The predicted octanol–water partition coefficient (Wildman–Crippen LogP) is 4.61. The third-order valence-electron chi connectivity index (χ3n) is 2.07. The lowest BCUT2D eigenvalue weighted by Crippen LogP contribution is -1.98. The van der Waals surface area contributed by atoms with E-state index in [1.807, 2.05) is 44.2 Å². The lowest BCUT2D eigenvalue weighted by Gasteiger charge is -2.23. The van der Waals surface area contributed by atoms with E-state index in [4.69, 9.17) is 32.5 Å². The highest BCUT2D eigenvalue weighted by atomic mass is 35.5. The summed E-state index contributed by atoms with van der Waals surface area (Å²) in [4.78, 5) is 0. The number of hydrogen-bond donors (Lipinski definition) is 0. The molecule has 94 valence electrons. The molecular weight excluding hydrogens is 275 g/mol. The van der Waals surface area contributed by atoms with Gasteiger partial charge in [-0.2, -0.15) is 0 Å². The molecule has 0 aliphatic heterocycles. The van der Waals surface area contributed by atoms with E-state index in [9.17, 15) is 0 Å². The molecule has 0 heterocycles. The van der Waals surface area contributed by atoms with Crippen LogP contribution in [0.5, 0.6) is 0 Å². The van der Waals surface area contributed by atoms with Crippen molar-refractivity contribution < 1.29 is 9.05 Å². The Bertz CT molecular complexity index is 410.